The molecule has 1 fully saturated rings. The third kappa shape index (κ3) is 5.00. The molecule has 1 aromatic carbocycles. The van der Waals surface area contributed by atoms with Crippen LogP contribution in [0.3, 0.4) is 0 Å². The third-order valence-electron chi connectivity index (χ3n) is 6.01. The van der Waals surface area contributed by atoms with Crippen LogP contribution in [0.2, 0.25) is 0 Å². The van der Waals surface area contributed by atoms with Crippen molar-refractivity contribution in [1.82, 2.24) is 24.5 Å². The molecular formula is C24H26BrN7O. The third-order valence-corrected chi connectivity index (χ3v) is 6.57. The minimum Gasteiger partial charge on any atom is -0.412 e. The standard InChI is InChI=1S/C24H26BrN7O/c25-21-14-29-32-23(28-13-18-5-2-8-27-12-18)11-22(30-24(21)32)19-6-3-9-31(16-19)15-17-4-1-7-20(10-17)33-26/h1-2,4-5,7-8,10-12,14,19,28H,3,6,9,13,15-16,26H2. The Morgan fingerprint density at radius 2 is 2.06 bits per heavy atom. The van der Waals surface area contributed by atoms with Gasteiger partial charge in [0.2, 0.25) is 0 Å². The lowest BCUT2D eigenvalue weighted by Crippen LogP contribution is -2.34. The van der Waals surface area contributed by atoms with E-state index in [1.807, 2.05) is 35.0 Å². The summed E-state index contributed by atoms with van der Waals surface area (Å²) in [4.78, 5) is 16.6. The van der Waals surface area contributed by atoms with E-state index in [-0.39, 0.29) is 0 Å². The lowest BCUT2D eigenvalue weighted by atomic mass is 9.94. The Balaban J connectivity index is 1.37. The molecule has 0 aliphatic carbocycles. The molecule has 170 valence electrons. The zero-order chi connectivity index (χ0) is 22.6. The summed E-state index contributed by atoms with van der Waals surface area (Å²) in [6.45, 7) is 3.54. The molecule has 0 radical (unpaired) electrons. The number of rotatable bonds is 7. The lowest BCUT2D eigenvalue weighted by molar-refractivity contribution is 0.198. The number of aromatic nitrogens is 4. The quantitative estimate of drug-likeness (QED) is 0.363. The van der Waals surface area contributed by atoms with Crippen LogP contribution >= 0.6 is 15.9 Å². The van der Waals surface area contributed by atoms with Crippen LogP contribution in [0, 0.1) is 0 Å². The summed E-state index contributed by atoms with van der Waals surface area (Å²) in [5.74, 6) is 7.29. The van der Waals surface area contributed by atoms with Crippen LogP contribution < -0.4 is 16.1 Å². The molecule has 5 rings (SSSR count). The van der Waals surface area contributed by atoms with Crippen molar-refractivity contribution in [3.63, 3.8) is 0 Å². The molecule has 33 heavy (non-hydrogen) atoms. The number of halogens is 1. The van der Waals surface area contributed by atoms with E-state index in [2.05, 4.69) is 54.4 Å². The van der Waals surface area contributed by atoms with Gasteiger partial charge in [-0.3, -0.25) is 9.88 Å². The maximum Gasteiger partial charge on any atom is 0.171 e. The maximum atomic E-state index is 5.33. The van der Waals surface area contributed by atoms with Gasteiger partial charge in [-0.15, -0.1) is 0 Å². The first-order valence-electron chi connectivity index (χ1n) is 11.0. The predicted octanol–water partition coefficient (Wildman–Crippen LogP) is 4.13. The molecule has 8 nitrogen and oxygen atoms in total. The fourth-order valence-electron chi connectivity index (χ4n) is 4.40. The average molecular weight is 508 g/mol. The zero-order valence-electron chi connectivity index (χ0n) is 18.2. The summed E-state index contributed by atoms with van der Waals surface area (Å²) in [6, 6.07) is 14.1. The Morgan fingerprint density at radius 3 is 2.91 bits per heavy atom. The number of fused-ring (bicyclic) bond motifs is 1. The van der Waals surface area contributed by atoms with Gasteiger partial charge >= 0.3 is 0 Å². The molecule has 9 heteroatoms. The fourth-order valence-corrected chi connectivity index (χ4v) is 4.75. The molecule has 1 atom stereocenters. The Hall–Kier alpha value is -3.01. The Labute approximate surface area is 200 Å². The number of anilines is 1. The Bertz CT molecular complexity index is 1230. The Morgan fingerprint density at radius 1 is 1.15 bits per heavy atom. The molecule has 3 N–H and O–H groups in total. The van der Waals surface area contributed by atoms with Crippen molar-refractivity contribution in [3.8, 4) is 5.75 Å². The number of likely N-dealkylation sites (tertiary alicyclic amines) is 1. The normalized spacial score (nSPS) is 16.7. The molecule has 1 saturated heterocycles. The molecule has 0 saturated carbocycles. The molecule has 1 aliphatic heterocycles. The molecule has 1 aliphatic rings. The summed E-state index contributed by atoms with van der Waals surface area (Å²) in [5, 5.41) is 8.02. The molecule has 0 spiro atoms. The molecule has 3 aromatic heterocycles. The molecular weight excluding hydrogens is 482 g/mol. The monoisotopic (exact) mass is 507 g/mol. The number of nitrogens with one attached hydrogen (secondary N) is 1. The number of hydrogen-bond acceptors (Lipinski definition) is 7. The summed E-state index contributed by atoms with van der Waals surface area (Å²) in [6.07, 6.45) is 7.68. The number of hydrogen-bond donors (Lipinski definition) is 2. The predicted molar refractivity (Wildman–Crippen MR) is 131 cm³/mol. The van der Waals surface area contributed by atoms with E-state index in [1.54, 1.807) is 12.4 Å². The number of pyridine rings is 1. The van der Waals surface area contributed by atoms with Gasteiger partial charge in [-0.2, -0.15) is 15.5 Å². The van der Waals surface area contributed by atoms with E-state index in [9.17, 15) is 0 Å². The van der Waals surface area contributed by atoms with Gasteiger partial charge in [0.25, 0.3) is 0 Å². The van der Waals surface area contributed by atoms with Crippen molar-refractivity contribution in [2.24, 2.45) is 5.90 Å². The molecule has 0 amide bonds. The summed E-state index contributed by atoms with van der Waals surface area (Å²) in [7, 11) is 0. The van der Waals surface area contributed by atoms with Crippen LogP contribution in [-0.4, -0.2) is 37.6 Å². The van der Waals surface area contributed by atoms with E-state index >= 15 is 0 Å². The van der Waals surface area contributed by atoms with E-state index in [0.717, 1.165) is 59.7 Å². The highest BCUT2D eigenvalue weighted by Gasteiger charge is 2.24. The lowest BCUT2D eigenvalue weighted by Gasteiger charge is -2.32. The van der Waals surface area contributed by atoms with Crippen molar-refractivity contribution < 1.29 is 4.84 Å². The average Bonchev–Trinajstić information content (AvgIpc) is 3.24. The summed E-state index contributed by atoms with van der Waals surface area (Å²) in [5.41, 5.74) is 4.22. The van der Waals surface area contributed by atoms with Gasteiger partial charge in [-0.05, 0) is 64.6 Å². The van der Waals surface area contributed by atoms with Gasteiger partial charge < -0.3 is 10.2 Å². The molecule has 0 bridgehead atoms. The first kappa shape index (κ1) is 21.8. The van der Waals surface area contributed by atoms with Gasteiger partial charge in [0.15, 0.2) is 5.65 Å². The fraction of sp³-hybridized carbons (Fsp3) is 0.292. The highest BCUT2D eigenvalue weighted by atomic mass is 79.9. The summed E-state index contributed by atoms with van der Waals surface area (Å²) >= 11 is 3.61. The molecule has 4 aromatic rings. The van der Waals surface area contributed by atoms with Gasteiger partial charge in [-0.1, -0.05) is 18.2 Å². The first-order valence-corrected chi connectivity index (χ1v) is 11.8. The van der Waals surface area contributed by atoms with Crippen LogP contribution in [0.1, 0.15) is 35.6 Å². The van der Waals surface area contributed by atoms with Crippen molar-refractivity contribution in [2.45, 2.75) is 31.8 Å². The number of benzene rings is 1. The van der Waals surface area contributed by atoms with Gasteiger partial charge in [0.1, 0.15) is 11.6 Å². The van der Waals surface area contributed by atoms with Crippen molar-refractivity contribution in [1.29, 1.82) is 0 Å². The SMILES string of the molecule is NOc1cccc(CN2CCCC(c3cc(NCc4cccnc4)n4ncc(Br)c4n3)C2)c1. The largest absolute Gasteiger partial charge is 0.412 e. The van der Waals surface area contributed by atoms with Gasteiger partial charge in [0, 0.05) is 44.0 Å². The zero-order valence-corrected chi connectivity index (χ0v) is 19.8. The minimum absolute atomic E-state index is 0.346. The van der Waals surface area contributed by atoms with E-state index < -0.39 is 0 Å². The van der Waals surface area contributed by atoms with Crippen molar-refractivity contribution in [2.75, 3.05) is 18.4 Å². The highest BCUT2D eigenvalue weighted by Crippen LogP contribution is 2.30. The van der Waals surface area contributed by atoms with Crippen LogP contribution in [0.4, 0.5) is 5.82 Å². The number of nitrogens with zero attached hydrogens (tertiary/aromatic N) is 5. The van der Waals surface area contributed by atoms with Crippen LogP contribution in [0.25, 0.3) is 5.65 Å². The van der Waals surface area contributed by atoms with Crippen molar-refractivity contribution in [3.05, 3.63) is 82.3 Å². The van der Waals surface area contributed by atoms with E-state index in [0.29, 0.717) is 18.2 Å². The maximum absolute atomic E-state index is 5.33. The second-order valence-corrected chi connectivity index (χ2v) is 9.20. The van der Waals surface area contributed by atoms with Crippen LogP contribution in [0.5, 0.6) is 5.75 Å². The molecule has 1 unspecified atom stereocenters. The second kappa shape index (κ2) is 9.86. The second-order valence-electron chi connectivity index (χ2n) is 8.35. The van der Waals surface area contributed by atoms with Crippen LogP contribution in [0.15, 0.2) is 65.5 Å². The number of nitrogens with two attached hydrogens (primary N) is 1. The smallest absolute Gasteiger partial charge is 0.171 e. The highest BCUT2D eigenvalue weighted by molar-refractivity contribution is 9.10. The van der Waals surface area contributed by atoms with Gasteiger partial charge in [-0.25, -0.2) is 4.98 Å². The van der Waals surface area contributed by atoms with Gasteiger partial charge in [0.05, 0.1) is 16.4 Å². The van der Waals surface area contributed by atoms with Crippen LogP contribution in [-0.2, 0) is 13.1 Å². The van der Waals surface area contributed by atoms with Crippen molar-refractivity contribution >= 4 is 27.4 Å². The molecule has 4 heterocycles. The minimum atomic E-state index is 0.346. The Kier molecular flexibility index (Phi) is 6.52. The summed E-state index contributed by atoms with van der Waals surface area (Å²) < 4.78 is 2.74. The topological polar surface area (TPSA) is 93.6 Å². The van der Waals surface area contributed by atoms with E-state index in [1.165, 1.54) is 5.56 Å². The number of piperidine rings is 1. The first-order chi connectivity index (χ1) is 16.2. The van der Waals surface area contributed by atoms with E-state index in [4.69, 9.17) is 15.7 Å².